The highest BCUT2D eigenvalue weighted by Crippen LogP contribution is 2.28. The van der Waals surface area contributed by atoms with Gasteiger partial charge in [-0.1, -0.05) is 29.8 Å². The molecule has 0 fully saturated rings. The first-order chi connectivity index (χ1) is 13.6. The molecule has 1 N–H and O–H groups in total. The summed E-state index contributed by atoms with van der Waals surface area (Å²) in [5.41, 5.74) is 1.42. The van der Waals surface area contributed by atoms with Gasteiger partial charge < -0.3 is 14.8 Å². The Morgan fingerprint density at radius 1 is 1.07 bits per heavy atom. The van der Waals surface area contributed by atoms with Crippen LogP contribution in [0.2, 0.25) is 5.02 Å². The lowest BCUT2D eigenvalue weighted by atomic mass is 10.2. The zero-order chi connectivity index (χ0) is 19.9. The number of aromatic nitrogens is 2. The van der Waals surface area contributed by atoms with Crippen molar-refractivity contribution in [2.75, 3.05) is 18.5 Å². The lowest BCUT2D eigenvalue weighted by Crippen LogP contribution is -2.13. The number of ether oxygens (including phenoxy) is 2. The van der Waals surface area contributed by atoms with Gasteiger partial charge in [0.25, 0.3) is 5.91 Å². The fourth-order valence-corrected chi connectivity index (χ4v) is 2.89. The second-order valence-electron chi connectivity index (χ2n) is 5.97. The van der Waals surface area contributed by atoms with E-state index < -0.39 is 0 Å². The first kappa shape index (κ1) is 19.8. The summed E-state index contributed by atoms with van der Waals surface area (Å²) in [5.74, 6) is 1.35. The molecule has 3 aromatic rings. The van der Waals surface area contributed by atoms with Crippen molar-refractivity contribution in [1.29, 1.82) is 0 Å². The summed E-state index contributed by atoms with van der Waals surface area (Å²) in [7, 11) is 0. The molecule has 0 unspecified atom stereocenters. The lowest BCUT2D eigenvalue weighted by molar-refractivity contribution is 0.102. The van der Waals surface area contributed by atoms with Gasteiger partial charge >= 0.3 is 0 Å². The third kappa shape index (κ3) is 4.84. The molecule has 3 rings (SSSR count). The van der Waals surface area contributed by atoms with Crippen LogP contribution in [0.1, 0.15) is 29.8 Å². The molecule has 146 valence electrons. The maximum absolute atomic E-state index is 12.6. The molecule has 0 aliphatic rings. The summed E-state index contributed by atoms with van der Waals surface area (Å²) in [4.78, 5) is 12.6. The van der Waals surface area contributed by atoms with Gasteiger partial charge in [-0.15, -0.1) is 0 Å². The van der Waals surface area contributed by atoms with E-state index in [0.717, 1.165) is 5.56 Å². The van der Waals surface area contributed by atoms with Crippen LogP contribution in [-0.2, 0) is 6.54 Å². The van der Waals surface area contributed by atoms with E-state index in [2.05, 4.69) is 10.4 Å². The standard InChI is InChI=1S/C21H22ClN3O3/c1-3-27-18-10-9-15(13-19(18)28-4-2)21(26)23-20-11-12-25(24-20)14-16-7-5-6-8-17(16)22/h5-13H,3-4,14H2,1-2H3,(H,23,24,26). The van der Waals surface area contributed by atoms with E-state index in [9.17, 15) is 4.79 Å². The summed E-state index contributed by atoms with van der Waals surface area (Å²) in [6, 6.07) is 14.4. The molecule has 2 aromatic carbocycles. The maximum atomic E-state index is 12.6. The van der Waals surface area contributed by atoms with Crippen LogP contribution in [-0.4, -0.2) is 28.9 Å². The molecule has 0 saturated carbocycles. The highest BCUT2D eigenvalue weighted by Gasteiger charge is 2.13. The molecular formula is C21H22ClN3O3. The predicted molar refractivity (Wildman–Crippen MR) is 110 cm³/mol. The SMILES string of the molecule is CCOc1ccc(C(=O)Nc2ccn(Cc3ccccc3Cl)n2)cc1OCC. The van der Waals surface area contributed by atoms with Gasteiger partial charge in [-0.05, 0) is 43.7 Å². The van der Waals surface area contributed by atoms with E-state index in [4.69, 9.17) is 21.1 Å². The van der Waals surface area contributed by atoms with Crippen molar-refractivity contribution in [3.05, 3.63) is 70.9 Å². The van der Waals surface area contributed by atoms with Crippen molar-refractivity contribution >= 4 is 23.3 Å². The van der Waals surface area contributed by atoms with Crippen LogP contribution in [0.5, 0.6) is 11.5 Å². The summed E-state index contributed by atoms with van der Waals surface area (Å²) in [6.07, 6.45) is 1.79. The third-order valence-corrected chi connectivity index (χ3v) is 4.35. The van der Waals surface area contributed by atoms with Gasteiger partial charge in [-0.3, -0.25) is 9.48 Å². The average Bonchev–Trinajstić information content (AvgIpc) is 3.12. The minimum Gasteiger partial charge on any atom is -0.490 e. The Morgan fingerprint density at radius 2 is 1.82 bits per heavy atom. The number of carbonyl (C=O) groups excluding carboxylic acids is 1. The largest absolute Gasteiger partial charge is 0.490 e. The molecule has 1 aromatic heterocycles. The van der Waals surface area contributed by atoms with Gasteiger partial charge in [-0.25, -0.2) is 0 Å². The highest BCUT2D eigenvalue weighted by atomic mass is 35.5. The molecule has 1 amide bonds. The van der Waals surface area contributed by atoms with Crippen LogP contribution in [0.3, 0.4) is 0 Å². The van der Waals surface area contributed by atoms with Crippen LogP contribution in [0.15, 0.2) is 54.7 Å². The molecule has 0 atom stereocenters. The number of anilines is 1. The minimum atomic E-state index is -0.271. The second kappa shape index (κ2) is 9.28. The average molecular weight is 400 g/mol. The molecule has 0 spiro atoms. The van der Waals surface area contributed by atoms with E-state index >= 15 is 0 Å². The molecule has 0 bridgehead atoms. The summed E-state index contributed by atoms with van der Waals surface area (Å²) in [5, 5.41) is 7.87. The minimum absolute atomic E-state index is 0.271. The topological polar surface area (TPSA) is 65.4 Å². The molecule has 0 saturated heterocycles. The Hall–Kier alpha value is -2.99. The fourth-order valence-electron chi connectivity index (χ4n) is 2.70. The molecule has 0 radical (unpaired) electrons. The summed E-state index contributed by atoms with van der Waals surface area (Å²) >= 11 is 6.19. The van der Waals surface area contributed by atoms with Crippen molar-refractivity contribution in [1.82, 2.24) is 9.78 Å². The molecule has 0 aliphatic carbocycles. The number of benzene rings is 2. The molecule has 1 heterocycles. The Bertz CT molecular complexity index is 956. The first-order valence-electron chi connectivity index (χ1n) is 9.08. The number of amides is 1. The predicted octanol–water partition coefficient (Wildman–Crippen LogP) is 4.63. The normalized spacial score (nSPS) is 10.5. The number of halogens is 1. The monoisotopic (exact) mass is 399 g/mol. The Labute approximate surface area is 169 Å². The Morgan fingerprint density at radius 3 is 2.57 bits per heavy atom. The third-order valence-electron chi connectivity index (χ3n) is 3.98. The Balaban J connectivity index is 1.70. The first-order valence-corrected chi connectivity index (χ1v) is 9.46. The van der Waals surface area contributed by atoms with Gasteiger partial charge in [0.15, 0.2) is 17.3 Å². The lowest BCUT2D eigenvalue weighted by Gasteiger charge is -2.12. The van der Waals surface area contributed by atoms with Crippen LogP contribution in [0, 0.1) is 0 Å². The smallest absolute Gasteiger partial charge is 0.257 e. The van der Waals surface area contributed by atoms with Gasteiger partial charge in [0.2, 0.25) is 0 Å². The van der Waals surface area contributed by atoms with Crippen molar-refractivity contribution in [2.45, 2.75) is 20.4 Å². The van der Waals surface area contributed by atoms with Crippen LogP contribution in [0.4, 0.5) is 5.82 Å². The van der Waals surface area contributed by atoms with Crippen molar-refractivity contribution < 1.29 is 14.3 Å². The van der Waals surface area contributed by atoms with E-state index in [1.807, 2.05) is 38.1 Å². The van der Waals surface area contributed by atoms with Crippen LogP contribution in [0.25, 0.3) is 0 Å². The quantitative estimate of drug-likeness (QED) is 0.599. The fraction of sp³-hybridized carbons (Fsp3) is 0.238. The zero-order valence-electron chi connectivity index (χ0n) is 15.8. The molecule has 0 aliphatic heterocycles. The van der Waals surface area contributed by atoms with E-state index in [1.165, 1.54) is 0 Å². The van der Waals surface area contributed by atoms with Crippen LogP contribution >= 0.6 is 11.6 Å². The van der Waals surface area contributed by atoms with Gasteiger partial charge in [-0.2, -0.15) is 5.10 Å². The van der Waals surface area contributed by atoms with Gasteiger partial charge in [0, 0.05) is 22.8 Å². The molecular weight excluding hydrogens is 378 g/mol. The van der Waals surface area contributed by atoms with Crippen molar-refractivity contribution in [3.63, 3.8) is 0 Å². The summed E-state index contributed by atoms with van der Waals surface area (Å²) in [6.45, 7) is 5.31. The van der Waals surface area contributed by atoms with Gasteiger partial charge in [0.05, 0.1) is 19.8 Å². The number of nitrogens with one attached hydrogen (secondary N) is 1. The van der Waals surface area contributed by atoms with Crippen LogP contribution < -0.4 is 14.8 Å². The number of rotatable bonds is 8. The number of hydrogen-bond acceptors (Lipinski definition) is 4. The highest BCUT2D eigenvalue weighted by molar-refractivity contribution is 6.31. The van der Waals surface area contributed by atoms with Gasteiger partial charge in [0.1, 0.15) is 0 Å². The second-order valence-corrected chi connectivity index (χ2v) is 6.38. The Kier molecular flexibility index (Phi) is 6.55. The van der Waals surface area contributed by atoms with Crippen molar-refractivity contribution in [3.8, 4) is 11.5 Å². The molecule has 6 nitrogen and oxygen atoms in total. The number of carbonyl (C=O) groups is 1. The molecule has 28 heavy (non-hydrogen) atoms. The van der Waals surface area contributed by atoms with E-state index in [1.54, 1.807) is 35.1 Å². The number of nitrogens with zero attached hydrogens (tertiary/aromatic N) is 2. The number of hydrogen-bond donors (Lipinski definition) is 1. The summed E-state index contributed by atoms with van der Waals surface area (Å²) < 4.78 is 12.8. The van der Waals surface area contributed by atoms with Crippen molar-refractivity contribution in [2.24, 2.45) is 0 Å². The van der Waals surface area contributed by atoms with E-state index in [0.29, 0.717) is 47.7 Å². The zero-order valence-corrected chi connectivity index (χ0v) is 16.6. The van der Waals surface area contributed by atoms with E-state index in [-0.39, 0.29) is 5.91 Å². The molecule has 7 heteroatoms. The maximum Gasteiger partial charge on any atom is 0.257 e.